The molecule has 0 fully saturated rings. The number of thiazole rings is 1. The minimum Gasteiger partial charge on any atom is -0.494 e. The second-order valence-electron chi connectivity index (χ2n) is 5.49. The van der Waals surface area contributed by atoms with E-state index in [1.54, 1.807) is 24.3 Å². The summed E-state index contributed by atoms with van der Waals surface area (Å²) < 4.78 is 5.43. The van der Waals surface area contributed by atoms with Crippen LogP contribution >= 0.6 is 34.5 Å². The Morgan fingerprint density at radius 2 is 1.96 bits per heavy atom. The number of benzene rings is 2. The minimum absolute atomic E-state index is 0.270. The average Bonchev–Trinajstić information content (AvgIpc) is 3.12. The van der Waals surface area contributed by atoms with Crippen molar-refractivity contribution < 1.29 is 9.53 Å². The van der Waals surface area contributed by atoms with E-state index in [0.717, 1.165) is 22.6 Å². The highest BCUT2D eigenvalue weighted by molar-refractivity contribution is 7.14. The van der Waals surface area contributed by atoms with E-state index in [1.165, 1.54) is 17.4 Å². The lowest BCUT2D eigenvalue weighted by Gasteiger charge is -2.03. The van der Waals surface area contributed by atoms with E-state index >= 15 is 0 Å². The molecule has 7 heteroatoms. The highest BCUT2D eigenvalue weighted by atomic mass is 35.5. The molecule has 0 aliphatic rings. The molecule has 0 bridgehead atoms. The van der Waals surface area contributed by atoms with Crippen LogP contribution in [-0.2, 0) is 4.79 Å². The fourth-order valence-electron chi connectivity index (χ4n) is 2.29. The number of halogens is 2. The molecule has 0 unspecified atom stereocenters. The SMILES string of the molecule is CCOc1ccc(-c2csc(NC(=O)/C=C/c3ccc(Cl)c(Cl)c3)n2)cc1. The summed E-state index contributed by atoms with van der Waals surface area (Å²) in [5.41, 5.74) is 2.54. The van der Waals surface area contributed by atoms with Crippen LogP contribution in [-0.4, -0.2) is 17.5 Å². The van der Waals surface area contributed by atoms with Crippen molar-refractivity contribution >= 4 is 51.7 Å². The molecule has 0 saturated heterocycles. The van der Waals surface area contributed by atoms with Gasteiger partial charge in [-0.05, 0) is 55.0 Å². The first-order valence-corrected chi connectivity index (χ1v) is 9.81. The molecule has 0 aliphatic carbocycles. The zero-order valence-corrected chi connectivity index (χ0v) is 16.7. The van der Waals surface area contributed by atoms with E-state index in [1.807, 2.05) is 36.6 Å². The second-order valence-corrected chi connectivity index (χ2v) is 7.16. The number of carbonyl (C=O) groups excluding carboxylic acids is 1. The number of aromatic nitrogens is 1. The largest absolute Gasteiger partial charge is 0.494 e. The molecule has 3 rings (SSSR count). The first-order valence-electron chi connectivity index (χ1n) is 8.18. The third kappa shape index (κ3) is 5.32. The van der Waals surface area contributed by atoms with Crippen LogP contribution in [0.15, 0.2) is 53.9 Å². The van der Waals surface area contributed by atoms with Crippen molar-refractivity contribution in [3.05, 3.63) is 69.5 Å². The maximum Gasteiger partial charge on any atom is 0.250 e. The van der Waals surface area contributed by atoms with Crippen molar-refractivity contribution in [2.45, 2.75) is 6.92 Å². The standard InChI is InChI=1S/C20H16Cl2N2O2S/c1-2-26-15-7-5-14(6-8-15)18-12-27-20(23-18)24-19(25)10-4-13-3-9-16(21)17(22)11-13/h3-12H,2H2,1H3,(H,23,24,25)/b10-4+. The van der Waals surface area contributed by atoms with Crippen LogP contribution in [0.5, 0.6) is 5.75 Å². The predicted octanol–water partition coefficient (Wildman–Crippen LogP) is 6.17. The molecule has 3 aromatic rings. The molecular formula is C20H16Cl2N2O2S. The zero-order chi connectivity index (χ0) is 19.2. The molecule has 1 heterocycles. The molecule has 2 aromatic carbocycles. The Labute approximate surface area is 171 Å². The minimum atomic E-state index is -0.270. The first-order chi connectivity index (χ1) is 13.0. The van der Waals surface area contributed by atoms with Crippen LogP contribution in [0.1, 0.15) is 12.5 Å². The van der Waals surface area contributed by atoms with Crippen LogP contribution in [0.25, 0.3) is 17.3 Å². The van der Waals surface area contributed by atoms with E-state index < -0.39 is 0 Å². The van der Waals surface area contributed by atoms with Gasteiger partial charge in [-0.1, -0.05) is 29.3 Å². The second kappa shape index (κ2) is 9.04. The maximum atomic E-state index is 12.1. The van der Waals surface area contributed by atoms with Crippen LogP contribution in [0.3, 0.4) is 0 Å². The fourth-order valence-corrected chi connectivity index (χ4v) is 3.32. The van der Waals surface area contributed by atoms with Crippen molar-refractivity contribution in [1.82, 2.24) is 4.98 Å². The Balaban J connectivity index is 1.63. The van der Waals surface area contributed by atoms with Gasteiger partial charge < -0.3 is 4.74 Å². The number of amides is 1. The molecular weight excluding hydrogens is 403 g/mol. The highest BCUT2D eigenvalue weighted by Gasteiger charge is 2.07. The molecule has 4 nitrogen and oxygen atoms in total. The molecule has 1 aromatic heterocycles. The van der Waals surface area contributed by atoms with Crippen LogP contribution in [0.4, 0.5) is 5.13 Å². The van der Waals surface area contributed by atoms with Crippen molar-refractivity contribution in [3.63, 3.8) is 0 Å². The Morgan fingerprint density at radius 1 is 1.19 bits per heavy atom. The quantitative estimate of drug-likeness (QED) is 0.487. The number of nitrogens with zero attached hydrogens (tertiary/aromatic N) is 1. The van der Waals surface area contributed by atoms with Crippen molar-refractivity contribution in [3.8, 4) is 17.0 Å². The van der Waals surface area contributed by atoms with Gasteiger partial charge >= 0.3 is 0 Å². The smallest absolute Gasteiger partial charge is 0.250 e. The molecule has 0 atom stereocenters. The van der Waals surface area contributed by atoms with Crippen LogP contribution in [0, 0.1) is 0 Å². The Hall–Kier alpha value is -2.34. The van der Waals surface area contributed by atoms with Gasteiger partial charge in [0.05, 0.1) is 22.3 Å². The Morgan fingerprint density at radius 3 is 2.67 bits per heavy atom. The summed E-state index contributed by atoms with van der Waals surface area (Å²) in [6.45, 7) is 2.57. The predicted molar refractivity (Wildman–Crippen MR) is 113 cm³/mol. The van der Waals surface area contributed by atoms with Crippen molar-refractivity contribution in [2.24, 2.45) is 0 Å². The third-order valence-electron chi connectivity index (χ3n) is 3.57. The summed E-state index contributed by atoms with van der Waals surface area (Å²) in [5.74, 6) is 0.547. The first kappa shape index (κ1) is 19.4. The molecule has 138 valence electrons. The third-order valence-corrected chi connectivity index (χ3v) is 5.06. The van der Waals surface area contributed by atoms with E-state index in [2.05, 4.69) is 10.3 Å². The molecule has 0 radical (unpaired) electrons. The summed E-state index contributed by atoms with van der Waals surface area (Å²) in [5, 5.41) is 6.10. The Bertz CT molecular complexity index is 968. The number of carbonyl (C=O) groups is 1. The van der Waals surface area contributed by atoms with Gasteiger partial charge in [-0.3, -0.25) is 10.1 Å². The molecule has 27 heavy (non-hydrogen) atoms. The van der Waals surface area contributed by atoms with Gasteiger partial charge in [0.25, 0.3) is 0 Å². The fraction of sp³-hybridized carbons (Fsp3) is 0.100. The highest BCUT2D eigenvalue weighted by Crippen LogP contribution is 2.27. The van der Waals surface area contributed by atoms with E-state index in [4.69, 9.17) is 27.9 Å². The number of hydrogen-bond acceptors (Lipinski definition) is 4. The summed E-state index contributed by atoms with van der Waals surface area (Å²) in [4.78, 5) is 16.5. The number of hydrogen-bond donors (Lipinski definition) is 1. The zero-order valence-electron chi connectivity index (χ0n) is 14.4. The van der Waals surface area contributed by atoms with Gasteiger partial charge in [0.15, 0.2) is 5.13 Å². The van der Waals surface area contributed by atoms with Crippen LogP contribution in [0.2, 0.25) is 10.0 Å². The summed E-state index contributed by atoms with van der Waals surface area (Å²) >= 11 is 13.2. The number of ether oxygens (including phenoxy) is 1. The maximum absolute atomic E-state index is 12.1. The van der Waals surface area contributed by atoms with E-state index in [9.17, 15) is 4.79 Å². The normalized spacial score (nSPS) is 10.9. The molecule has 0 spiro atoms. The number of anilines is 1. The van der Waals surface area contributed by atoms with Gasteiger partial charge in [-0.2, -0.15) is 0 Å². The van der Waals surface area contributed by atoms with E-state index in [-0.39, 0.29) is 5.91 Å². The summed E-state index contributed by atoms with van der Waals surface area (Å²) in [7, 11) is 0. The summed E-state index contributed by atoms with van der Waals surface area (Å²) in [6.07, 6.45) is 3.09. The van der Waals surface area contributed by atoms with E-state index in [0.29, 0.717) is 21.8 Å². The summed E-state index contributed by atoms with van der Waals surface area (Å²) in [6, 6.07) is 12.8. The van der Waals surface area contributed by atoms with Crippen molar-refractivity contribution in [2.75, 3.05) is 11.9 Å². The van der Waals surface area contributed by atoms with Gasteiger partial charge in [0, 0.05) is 17.0 Å². The average molecular weight is 419 g/mol. The Kier molecular flexibility index (Phi) is 6.50. The van der Waals surface area contributed by atoms with Gasteiger partial charge in [-0.15, -0.1) is 11.3 Å². The van der Waals surface area contributed by atoms with Crippen molar-refractivity contribution in [1.29, 1.82) is 0 Å². The molecule has 1 N–H and O–H groups in total. The molecule has 0 saturated carbocycles. The van der Waals surface area contributed by atoms with Gasteiger partial charge in [-0.25, -0.2) is 4.98 Å². The topological polar surface area (TPSA) is 51.2 Å². The van der Waals surface area contributed by atoms with Gasteiger partial charge in [0.1, 0.15) is 5.75 Å². The monoisotopic (exact) mass is 418 g/mol. The number of nitrogens with one attached hydrogen (secondary N) is 1. The number of rotatable bonds is 6. The van der Waals surface area contributed by atoms with Crippen LogP contribution < -0.4 is 10.1 Å². The van der Waals surface area contributed by atoms with Gasteiger partial charge in [0.2, 0.25) is 5.91 Å². The molecule has 0 aliphatic heterocycles. The lowest BCUT2D eigenvalue weighted by molar-refractivity contribution is -0.111. The molecule has 1 amide bonds. The lowest BCUT2D eigenvalue weighted by atomic mass is 10.2. The lowest BCUT2D eigenvalue weighted by Crippen LogP contribution is -2.07.